The summed E-state index contributed by atoms with van der Waals surface area (Å²) < 4.78 is 6.93. The molecule has 1 unspecified atom stereocenters. The first-order chi connectivity index (χ1) is 13.0. The maximum absolute atomic E-state index is 13.0. The molecule has 4 rings (SSSR count). The maximum Gasteiger partial charge on any atom is 0.256 e. The van der Waals surface area contributed by atoms with Crippen molar-refractivity contribution in [3.05, 3.63) is 47.7 Å². The predicted molar refractivity (Wildman–Crippen MR) is 97.9 cm³/mol. The van der Waals surface area contributed by atoms with E-state index in [-0.39, 0.29) is 11.8 Å². The summed E-state index contributed by atoms with van der Waals surface area (Å²) in [5.41, 5.74) is 2.03. The van der Waals surface area contributed by atoms with Gasteiger partial charge in [0.1, 0.15) is 11.8 Å². The summed E-state index contributed by atoms with van der Waals surface area (Å²) in [6, 6.07) is 4.91. The minimum absolute atomic E-state index is 0.163. The van der Waals surface area contributed by atoms with Gasteiger partial charge in [0, 0.05) is 25.2 Å². The van der Waals surface area contributed by atoms with Gasteiger partial charge in [-0.1, -0.05) is 0 Å². The molecule has 1 aliphatic rings. The van der Waals surface area contributed by atoms with E-state index in [1.165, 1.54) is 0 Å². The number of carbonyl (C=O) groups excluding carboxylic acids is 2. The van der Waals surface area contributed by atoms with Crippen LogP contribution in [-0.4, -0.2) is 44.1 Å². The summed E-state index contributed by atoms with van der Waals surface area (Å²) in [4.78, 5) is 31.6. The summed E-state index contributed by atoms with van der Waals surface area (Å²) in [5, 5.41) is 8.03. The zero-order chi connectivity index (χ0) is 19.0. The number of rotatable bonds is 4. The number of fused-ring (bicyclic) bond motifs is 1. The zero-order valence-corrected chi connectivity index (χ0v) is 15.3. The highest BCUT2D eigenvalue weighted by Crippen LogP contribution is 2.23. The molecule has 0 saturated carbocycles. The first-order valence-electron chi connectivity index (χ1n) is 8.95. The Morgan fingerprint density at radius 3 is 3.04 bits per heavy atom. The molecule has 4 heterocycles. The number of hydrogen-bond acceptors (Lipinski definition) is 5. The lowest BCUT2D eigenvalue weighted by Crippen LogP contribution is -2.45. The number of carbonyl (C=O) groups is 2. The summed E-state index contributed by atoms with van der Waals surface area (Å²) in [7, 11) is 1.82. The summed E-state index contributed by atoms with van der Waals surface area (Å²) in [6.07, 6.45) is 4.57. The van der Waals surface area contributed by atoms with Crippen LogP contribution >= 0.6 is 0 Å². The Labute approximate surface area is 156 Å². The second kappa shape index (κ2) is 6.86. The Hall–Kier alpha value is -3.16. The fourth-order valence-corrected chi connectivity index (χ4v) is 3.58. The van der Waals surface area contributed by atoms with Crippen LogP contribution in [0.5, 0.6) is 0 Å². The number of aryl methyl sites for hydroxylation is 2. The van der Waals surface area contributed by atoms with Gasteiger partial charge in [-0.05, 0) is 38.0 Å². The van der Waals surface area contributed by atoms with E-state index in [1.54, 1.807) is 34.2 Å². The van der Waals surface area contributed by atoms with Gasteiger partial charge in [0.2, 0.25) is 5.91 Å². The van der Waals surface area contributed by atoms with Crippen LogP contribution in [0, 0.1) is 6.92 Å². The molecule has 1 saturated heterocycles. The first-order valence-corrected chi connectivity index (χ1v) is 8.95. The van der Waals surface area contributed by atoms with Crippen molar-refractivity contribution in [2.75, 3.05) is 6.54 Å². The summed E-state index contributed by atoms with van der Waals surface area (Å²) in [6.45, 7) is 2.76. The molecule has 2 amide bonds. The molecule has 0 radical (unpaired) electrons. The number of hydrogen-bond donors (Lipinski definition) is 1. The van der Waals surface area contributed by atoms with Gasteiger partial charge in [-0.25, -0.2) is 4.98 Å². The lowest BCUT2D eigenvalue weighted by Gasteiger charge is -2.23. The number of nitrogens with one attached hydrogen (secondary N) is 1. The van der Waals surface area contributed by atoms with E-state index in [1.807, 2.05) is 20.0 Å². The van der Waals surface area contributed by atoms with Crippen molar-refractivity contribution in [3.8, 4) is 0 Å². The molecule has 27 heavy (non-hydrogen) atoms. The van der Waals surface area contributed by atoms with Gasteiger partial charge < -0.3 is 14.6 Å². The molecule has 1 aliphatic heterocycles. The Balaban J connectivity index is 1.51. The van der Waals surface area contributed by atoms with Crippen molar-refractivity contribution in [2.24, 2.45) is 7.05 Å². The lowest BCUT2D eigenvalue weighted by atomic mass is 10.1. The number of likely N-dealkylation sites (tertiary alicyclic amines) is 1. The van der Waals surface area contributed by atoms with E-state index >= 15 is 0 Å². The third kappa shape index (κ3) is 3.18. The Bertz CT molecular complexity index is 992. The molecule has 8 nitrogen and oxygen atoms in total. The van der Waals surface area contributed by atoms with Crippen LogP contribution in [0.1, 0.15) is 34.7 Å². The van der Waals surface area contributed by atoms with Crippen molar-refractivity contribution < 1.29 is 14.0 Å². The molecule has 1 N–H and O–H groups in total. The van der Waals surface area contributed by atoms with Crippen molar-refractivity contribution >= 4 is 22.8 Å². The predicted octanol–water partition coefficient (Wildman–Crippen LogP) is 1.79. The van der Waals surface area contributed by atoms with Crippen molar-refractivity contribution in [3.63, 3.8) is 0 Å². The van der Waals surface area contributed by atoms with Gasteiger partial charge in [0.15, 0.2) is 5.65 Å². The second-order valence-electron chi connectivity index (χ2n) is 6.76. The number of furan rings is 1. The zero-order valence-electron chi connectivity index (χ0n) is 15.3. The minimum Gasteiger partial charge on any atom is -0.467 e. The third-order valence-electron chi connectivity index (χ3n) is 4.94. The third-order valence-corrected chi connectivity index (χ3v) is 4.94. The first kappa shape index (κ1) is 17.3. The molecule has 8 heteroatoms. The molecule has 0 bridgehead atoms. The second-order valence-corrected chi connectivity index (χ2v) is 6.76. The van der Waals surface area contributed by atoms with Gasteiger partial charge >= 0.3 is 0 Å². The smallest absolute Gasteiger partial charge is 0.256 e. The maximum atomic E-state index is 13.0. The average molecular weight is 367 g/mol. The van der Waals surface area contributed by atoms with E-state index in [2.05, 4.69) is 15.4 Å². The van der Waals surface area contributed by atoms with Crippen LogP contribution < -0.4 is 5.32 Å². The molecule has 3 aromatic rings. The number of nitrogens with zero attached hydrogens (tertiary/aromatic N) is 4. The molecule has 140 valence electrons. The van der Waals surface area contributed by atoms with E-state index in [0.29, 0.717) is 30.8 Å². The van der Waals surface area contributed by atoms with Crippen LogP contribution in [0.4, 0.5) is 0 Å². The van der Waals surface area contributed by atoms with Gasteiger partial charge in [-0.15, -0.1) is 0 Å². The average Bonchev–Trinajstić information content (AvgIpc) is 3.40. The molecule has 0 spiro atoms. The number of pyridine rings is 1. The topological polar surface area (TPSA) is 93.3 Å². The number of amides is 2. The highest BCUT2D eigenvalue weighted by molar-refractivity contribution is 6.00. The van der Waals surface area contributed by atoms with Crippen LogP contribution in [-0.2, 0) is 18.4 Å². The fourth-order valence-electron chi connectivity index (χ4n) is 3.58. The van der Waals surface area contributed by atoms with Crippen LogP contribution in [0.3, 0.4) is 0 Å². The number of aromatic nitrogens is 3. The fraction of sp³-hybridized carbons (Fsp3) is 0.368. The van der Waals surface area contributed by atoms with E-state index in [0.717, 1.165) is 23.1 Å². The normalized spacial score (nSPS) is 16.8. The Morgan fingerprint density at radius 2 is 2.26 bits per heavy atom. The SMILES string of the molecule is Cc1nn(C)c2ncc(C(=O)N3CCCC3C(=O)NCc3ccco3)cc12. The molecule has 1 atom stereocenters. The van der Waals surface area contributed by atoms with Crippen LogP contribution in [0.2, 0.25) is 0 Å². The Kier molecular flexibility index (Phi) is 4.39. The molecule has 3 aromatic heterocycles. The van der Waals surface area contributed by atoms with Crippen molar-refractivity contribution in [2.45, 2.75) is 32.4 Å². The standard InChI is InChI=1S/C19H21N5O3/c1-12-15-9-13(10-20-17(15)23(2)22-12)19(26)24-7-3-6-16(24)18(25)21-11-14-5-4-8-27-14/h4-5,8-10,16H,3,6-7,11H2,1-2H3,(H,21,25). The van der Waals surface area contributed by atoms with Crippen LogP contribution in [0.25, 0.3) is 11.0 Å². The van der Waals surface area contributed by atoms with Crippen molar-refractivity contribution in [1.29, 1.82) is 0 Å². The van der Waals surface area contributed by atoms with E-state index in [9.17, 15) is 9.59 Å². The molecule has 0 aromatic carbocycles. The highest BCUT2D eigenvalue weighted by atomic mass is 16.3. The highest BCUT2D eigenvalue weighted by Gasteiger charge is 2.34. The van der Waals surface area contributed by atoms with Gasteiger partial charge in [-0.2, -0.15) is 5.10 Å². The largest absolute Gasteiger partial charge is 0.467 e. The summed E-state index contributed by atoms with van der Waals surface area (Å²) >= 11 is 0. The molecular formula is C19H21N5O3. The monoisotopic (exact) mass is 367 g/mol. The quantitative estimate of drug-likeness (QED) is 0.759. The molecular weight excluding hydrogens is 346 g/mol. The molecule has 1 fully saturated rings. The van der Waals surface area contributed by atoms with Crippen LogP contribution in [0.15, 0.2) is 35.1 Å². The molecule has 0 aliphatic carbocycles. The summed E-state index contributed by atoms with van der Waals surface area (Å²) in [5.74, 6) is 0.341. The minimum atomic E-state index is -0.474. The Morgan fingerprint density at radius 1 is 1.41 bits per heavy atom. The van der Waals surface area contributed by atoms with E-state index < -0.39 is 6.04 Å². The van der Waals surface area contributed by atoms with Gasteiger partial charge in [0.05, 0.1) is 24.1 Å². The van der Waals surface area contributed by atoms with Gasteiger partial charge in [0.25, 0.3) is 5.91 Å². The van der Waals surface area contributed by atoms with Crippen molar-refractivity contribution in [1.82, 2.24) is 25.0 Å². The van der Waals surface area contributed by atoms with E-state index in [4.69, 9.17) is 4.42 Å². The lowest BCUT2D eigenvalue weighted by molar-refractivity contribution is -0.125. The van der Waals surface area contributed by atoms with Gasteiger partial charge in [-0.3, -0.25) is 14.3 Å².